The van der Waals surface area contributed by atoms with Crippen LogP contribution >= 0.6 is 11.6 Å². The van der Waals surface area contributed by atoms with Crippen LogP contribution in [0.15, 0.2) is 34.7 Å². The Morgan fingerprint density at radius 3 is 2.53 bits per heavy atom. The van der Waals surface area contributed by atoms with Crippen LogP contribution in [0.2, 0.25) is 5.02 Å². The molecule has 0 amide bonds. The second-order valence-corrected chi connectivity index (χ2v) is 5.19. The van der Waals surface area contributed by atoms with E-state index in [0.717, 1.165) is 22.8 Å². The zero-order valence-electron chi connectivity index (χ0n) is 11.3. The molecule has 2 rings (SSSR count). The third kappa shape index (κ3) is 3.31. The predicted molar refractivity (Wildman–Crippen MR) is 76.7 cm³/mol. The number of furan rings is 1. The summed E-state index contributed by atoms with van der Waals surface area (Å²) in [6, 6.07) is 9.15. The molecule has 0 spiro atoms. The third-order valence-corrected chi connectivity index (χ3v) is 3.16. The lowest BCUT2D eigenvalue weighted by atomic mass is 10.1. The van der Waals surface area contributed by atoms with Crippen LogP contribution < -0.4 is 10.5 Å². The van der Waals surface area contributed by atoms with Gasteiger partial charge in [-0.3, -0.25) is 0 Å². The van der Waals surface area contributed by atoms with E-state index in [0.29, 0.717) is 5.02 Å². The molecule has 0 fully saturated rings. The average Bonchev–Trinajstić information content (AvgIpc) is 2.76. The van der Waals surface area contributed by atoms with Crippen LogP contribution in [0, 0.1) is 13.8 Å². The molecule has 1 aromatic heterocycles. The van der Waals surface area contributed by atoms with Gasteiger partial charge < -0.3 is 14.9 Å². The Balaban J connectivity index is 2.29. The molecule has 0 saturated heterocycles. The molecule has 0 radical (unpaired) electrons. The van der Waals surface area contributed by atoms with Gasteiger partial charge in [0.2, 0.25) is 0 Å². The molecule has 0 aliphatic heterocycles. The average molecular weight is 280 g/mol. The Hall–Kier alpha value is -1.45. The van der Waals surface area contributed by atoms with Crippen molar-refractivity contribution >= 4 is 11.6 Å². The van der Waals surface area contributed by atoms with E-state index in [9.17, 15) is 0 Å². The van der Waals surface area contributed by atoms with Crippen LogP contribution in [-0.4, -0.2) is 6.04 Å². The first-order valence-corrected chi connectivity index (χ1v) is 6.60. The molecular formula is C15H18ClNO2. The first-order chi connectivity index (χ1) is 8.97. The van der Waals surface area contributed by atoms with Gasteiger partial charge in [0, 0.05) is 11.1 Å². The second kappa shape index (κ2) is 5.68. The maximum atomic E-state index is 6.00. The third-order valence-electron chi connectivity index (χ3n) is 2.92. The Morgan fingerprint density at radius 1 is 1.21 bits per heavy atom. The maximum absolute atomic E-state index is 6.00. The summed E-state index contributed by atoms with van der Waals surface area (Å²) in [5.41, 5.74) is 7.01. The lowest BCUT2D eigenvalue weighted by molar-refractivity contribution is 0.151. The molecule has 0 aliphatic rings. The lowest BCUT2D eigenvalue weighted by Gasteiger charge is -2.21. The van der Waals surface area contributed by atoms with Crippen molar-refractivity contribution in [3.05, 3.63) is 52.4 Å². The van der Waals surface area contributed by atoms with E-state index in [1.54, 1.807) is 6.07 Å². The van der Waals surface area contributed by atoms with Crippen LogP contribution in [0.4, 0.5) is 0 Å². The number of aryl methyl sites for hydroxylation is 2. The fourth-order valence-electron chi connectivity index (χ4n) is 1.87. The maximum Gasteiger partial charge on any atom is 0.171 e. The normalized spacial score (nSPS) is 14.2. The number of rotatable bonds is 4. The minimum atomic E-state index is -0.328. The minimum absolute atomic E-state index is 0.191. The summed E-state index contributed by atoms with van der Waals surface area (Å²) in [4.78, 5) is 0. The molecule has 19 heavy (non-hydrogen) atoms. The summed E-state index contributed by atoms with van der Waals surface area (Å²) in [5.74, 6) is 2.29. The number of benzene rings is 1. The first kappa shape index (κ1) is 14.0. The monoisotopic (exact) mass is 279 g/mol. The Bertz CT molecular complexity index is 563. The molecule has 0 saturated carbocycles. The van der Waals surface area contributed by atoms with Gasteiger partial charge in [-0.1, -0.05) is 17.7 Å². The van der Waals surface area contributed by atoms with E-state index >= 15 is 0 Å². The standard InChI is InChI=1S/C15H18ClNO2/c1-9-4-6-12(16)8-14(9)19-15(11(3)17)13-7-5-10(2)18-13/h4-8,11,15H,17H2,1-3H3. The fourth-order valence-corrected chi connectivity index (χ4v) is 2.03. The van der Waals surface area contributed by atoms with Crippen molar-refractivity contribution in [2.24, 2.45) is 5.73 Å². The number of hydrogen-bond donors (Lipinski definition) is 1. The molecule has 2 atom stereocenters. The molecule has 2 N–H and O–H groups in total. The SMILES string of the molecule is Cc1ccc(C(Oc2cc(Cl)ccc2C)C(C)N)o1. The molecule has 2 aromatic rings. The van der Waals surface area contributed by atoms with E-state index in [-0.39, 0.29) is 12.1 Å². The van der Waals surface area contributed by atoms with E-state index < -0.39 is 0 Å². The summed E-state index contributed by atoms with van der Waals surface area (Å²) >= 11 is 6.00. The number of halogens is 1. The van der Waals surface area contributed by atoms with E-state index in [2.05, 4.69) is 0 Å². The van der Waals surface area contributed by atoms with Crippen molar-refractivity contribution in [1.82, 2.24) is 0 Å². The number of nitrogens with two attached hydrogens (primary N) is 1. The summed E-state index contributed by atoms with van der Waals surface area (Å²) in [5, 5.41) is 0.639. The molecule has 1 aromatic carbocycles. The van der Waals surface area contributed by atoms with Crippen molar-refractivity contribution in [1.29, 1.82) is 0 Å². The highest BCUT2D eigenvalue weighted by Gasteiger charge is 2.22. The number of hydrogen-bond acceptors (Lipinski definition) is 3. The highest BCUT2D eigenvalue weighted by Crippen LogP contribution is 2.30. The highest BCUT2D eigenvalue weighted by atomic mass is 35.5. The van der Waals surface area contributed by atoms with Crippen LogP contribution in [0.3, 0.4) is 0 Å². The molecule has 0 aliphatic carbocycles. The highest BCUT2D eigenvalue weighted by molar-refractivity contribution is 6.30. The largest absolute Gasteiger partial charge is 0.481 e. The predicted octanol–water partition coefficient (Wildman–Crippen LogP) is 4.02. The molecule has 3 nitrogen and oxygen atoms in total. The zero-order valence-corrected chi connectivity index (χ0v) is 12.1. The van der Waals surface area contributed by atoms with Crippen molar-refractivity contribution in [3.63, 3.8) is 0 Å². The van der Waals surface area contributed by atoms with Gasteiger partial charge in [0.1, 0.15) is 17.3 Å². The zero-order chi connectivity index (χ0) is 14.0. The summed E-state index contributed by atoms with van der Waals surface area (Å²) in [7, 11) is 0. The van der Waals surface area contributed by atoms with Gasteiger partial charge in [-0.05, 0) is 50.6 Å². The number of ether oxygens (including phenoxy) is 1. The quantitative estimate of drug-likeness (QED) is 0.920. The van der Waals surface area contributed by atoms with Gasteiger partial charge in [-0.25, -0.2) is 0 Å². The second-order valence-electron chi connectivity index (χ2n) is 4.76. The van der Waals surface area contributed by atoms with Crippen LogP contribution in [-0.2, 0) is 0 Å². The summed E-state index contributed by atoms with van der Waals surface area (Å²) < 4.78 is 11.6. The Kier molecular flexibility index (Phi) is 4.17. The molecule has 102 valence electrons. The van der Waals surface area contributed by atoms with Gasteiger partial charge in [0.15, 0.2) is 6.10 Å². The van der Waals surface area contributed by atoms with E-state index in [1.165, 1.54) is 0 Å². The van der Waals surface area contributed by atoms with E-state index in [4.69, 9.17) is 26.5 Å². The van der Waals surface area contributed by atoms with Crippen LogP contribution in [0.1, 0.15) is 30.1 Å². The Morgan fingerprint density at radius 2 is 1.95 bits per heavy atom. The van der Waals surface area contributed by atoms with Gasteiger partial charge in [-0.2, -0.15) is 0 Å². The van der Waals surface area contributed by atoms with Gasteiger partial charge in [0.05, 0.1) is 0 Å². The minimum Gasteiger partial charge on any atom is -0.481 e. The van der Waals surface area contributed by atoms with Crippen LogP contribution in [0.5, 0.6) is 5.75 Å². The Labute approximate surface area is 118 Å². The lowest BCUT2D eigenvalue weighted by Crippen LogP contribution is -2.28. The molecule has 0 bridgehead atoms. The van der Waals surface area contributed by atoms with Crippen molar-refractivity contribution in [2.75, 3.05) is 0 Å². The first-order valence-electron chi connectivity index (χ1n) is 6.22. The van der Waals surface area contributed by atoms with Crippen molar-refractivity contribution in [2.45, 2.75) is 32.9 Å². The molecule has 2 unspecified atom stereocenters. The van der Waals surface area contributed by atoms with Crippen LogP contribution in [0.25, 0.3) is 0 Å². The molecular weight excluding hydrogens is 262 g/mol. The summed E-state index contributed by atoms with van der Waals surface area (Å²) in [6.07, 6.45) is -0.328. The fraction of sp³-hybridized carbons (Fsp3) is 0.333. The molecule has 1 heterocycles. The smallest absolute Gasteiger partial charge is 0.171 e. The van der Waals surface area contributed by atoms with Crippen molar-refractivity contribution < 1.29 is 9.15 Å². The summed E-state index contributed by atoms with van der Waals surface area (Å²) in [6.45, 7) is 5.76. The van der Waals surface area contributed by atoms with Gasteiger partial charge >= 0.3 is 0 Å². The van der Waals surface area contributed by atoms with Crippen molar-refractivity contribution in [3.8, 4) is 5.75 Å². The van der Waals surface area contributed by atoms with Gasteiger partial charge in [0.25, 0.3) is 0 Å². The van der Waals surface area contributed by atoms with Gasteiger partial charge in [-0.15, -0.1) is 0 Å². The van der Waals surface area contributed by atoms with E-state index in [1.807, 2.05) is 45.0 Å². The topological polar surface area (TPSA) is 48.4 Å². The molecule has 4 heteroatoms.